The second-order valence-electron chi connectivity index (χ2n) is 4.19. The summed E-state index contributed by atoms with van der Waals surface area (Å²) in [4.78, 5) is 16.7. The fourth-order valence-electron chi connectivity index (χ4n) is 2.03. The maximum atomic E-state index is 12.3. The smallest absolute Gasteiger partial charge is 0.267 e. The first-order chi connectivity index (χ1) is 9.70. The predicted molar refractivity (Wildman–Crippen MR) is 76.6 cm³/mol. The lowest BCUT2D eigenvalue weighted by Gasteiger charge is -2.06. The molecule has 5 heteroatoms. The summed E-state index contributed by atoms with van der Waals surface area (Å²) in [5, 5.41) is 9.78. The van der Waals surface area contributed by atoms with Gasteiger partial charge in [-0.25, -0.2) is 4.98 Å². The van der Waals surface area contributed by atoms with Gasteiger partial charge in [-0.15, -0.1) is 0 Å². The van der Waals surface area contributed by atoms with Crippen LogP contribution in [0.4, 0.5) is 0 Å². The minimum absolute atomic E-state index is 0.0102. The van der Waals surface area contributed by atoms with E-state index in [-0.39, 0.29) is 11.1 Å². The second kappa shape index (κ2) is 4.80. The number of benzene rings is 1. The highest BCUT2D eigenvalue weighted by Crippen LogP contribution is 2.23. The zero-order valence-corrected chi connectivity index (χ0v) is 11.0. The van der Waals surface area contributed by atoms with Crippen molar-refractivity contribution in [2.45, 2.75) is 0 Å². The zero-order chi connectivity index (χ0) is 14.1. The Morgan fingerprint density at radius 3 is 2.80 bits per heavy atom. The first-order valence-electron chi connectivity index (χ1n) is 5.88. The lowest BCUT2D eigenvalue weighted by Crippen LogP contribution is -2.19. The first kappa shape index (κ1) is 12.4. The summed E-state index contributed by atoms with van der Waals surface area (Å²) >= 11 is 5.95. The van der Waals surface area contributed by atoms with Crippen molar-refractivity contribution in [3.8, 4) is 17.3 Å². The highest BCUT2D eigenvalue weighted by atomic mass is 35.5. The standard InChI is InChI=1S/C15H8ClN3O/c16-11-5-3-4-10(8-11)14-12(9-17)15(20)19-7-2-1-6-13(19)18-14/h1-8H. The molecule has 0 amide bonds. The molecule has 1 aromatic carbocycles. The van der Waals surface area contributed by atoms with E-state index >= 15 is 0 Å². The van der Waals surface area contributed by atoms with Crippen LogP contribution in [0.1, 0.15) is 5.56 Å². The number of rotatable bonds is 1. The van der Waals surface area contributed by atoms with E-state index in [9.17, 15) is 10.1 Å². The van der Waals surface area contributed by atoms with Crippen LogP contribution in [0, 0.1) is 11.3 Å². The third-order valence-corrected chi connectivity index (χ3v) is 3.18. The lowest BCUT2D eigenvalue weighted by molar-refractivity contribution is 1.04. The van der Waals surface area contributed by atoms with Crippen LogP contribution < -0.4 is 5.56 Å². The van der Waals surface area contributed by atoms with Gasteiger partial charge in [0.05, 0.1) is 5.69 Å². The summed E-state index contributed by atoms with van der Waals surface area (Å²) in [5.41, 5.74) is 1.12. The third-order valence-electron chi connectivity index (χ3n) is 2.94. The van der Waals surface area contributed by atoms with Crippen molar-refractivity contribution < 1.29 is 0 Å². The minimum Gasteiger partial charge on any atom is -0.267 e. The second-order valence-corrected chi connectivity index (χ2v) is 4.63. The Kier molecular flexibility index (Phi) is 2.97. The van der Waals surface area contributed by atoms with Gasteiger partial charge in [0.2, 0.25) is 0 Å². The Morgan fingerprint density at radius 1 is 1.20 bits per heavy atom. The van der Waals surface area contributed by atoms with Gasteiger partial charge < -0.3 is 0 Å². The Balaban J connectivity index is 2.42. The molecule has 3 aromatic rings. The largest absolute Gasteiger partial charge is 0.276 e. The van der Waals surface area contributed by atoms with Gasteiger partial charge in [0, 0.05) is 16.8 Å². The molecule has 0 saturated carbocycles. The van der Waals surface area contributed by atoms with E-state index in [2.05, 4.69) is 4.98 Å². The fourth-order valence-corrected chi connectivity index (χ4v) is 2.22. The zero-order valence-electron chi connectivity index (χ0n) is 10.2. The molecular formula is C15H8ClN3O. The SMILES string of the molecule is N#Cc1c(-c2cccc(Cl)c2)nc2ccccn2c1=O. The molecule has 96 valence electrons. The molecule has 2 aromatic heterocycles. The van der Waals surface area contributed by atoms with Crippen molar-refractivity contribution in [2.24, 2.45) is 0 Å². The molecule has 0 fully saturated rings. The van der Waals surface area contributed by atoms with Gasteiger partial charge in [0.15, 0.2) is 0 Å². The molecule has 0 saturated heterocycles. The van der Waals surface area contributed by atoms with E-state index in [0.717, 1.165) is 0 Å². The summed E-state index contributed by atoms with van der Waals surface area (Å²) in [7, 11) is 0. The van der Waals surface area contributed by atoms with Crippen molar-refractivity contribution in [3.05, 3.63) is 69.6 Å². The van der Waals surface area contributed by atoms with Gasteiger partial charge >= 0.3 is 0 Å². The predicted octanol–water partition coefficient (Wildman–Crippen LogP) is 2.89. The molecule has 0 N–H and O–H groups in total. The van der Waals surface area contributed by atoms with Crippen LogP contribution >= 0.6 is 11.6 Å². The lowest BCUT2D eigenvalue weighted by atomic mass is 10.1. The third kappa shape index (κ3) is 1.94. The molecule has 0 aliphatic carbocycles. The Labute approximate surface area is 119 Å². The Morgan fingerprint density at radius 2 is 2.05 bits per heavy atom. The van der Waals surface area contributed by atoms with E-state index in [1.165, 1.54) is 4.40 Å². The number of nitriles is 1. The fraction of sp³-hybridized carbons (Fsp3) is 0. The Hall–Kier alpha value is -2.64. The van der Waals surface area contributed by atoms with Crippen molar-refractivity contribution in [2.75, 3.05) is 0 Å². The molecule has 20 heavy (non-hydrogen) atoms. The highest BCUT2D eigenvalue weighted by Gasteiger charge is 2.14. The van der Waals surface area contributed by atoms with Gasteiger partial charge in [-0.1, -0.05) is 29.8 Å². The number of fused-ring (bicyclic) bond motifs is 1. The molecular weight excluding hydrogens is 274 g/mol. The summed E-state index contributed by atoms with van der Waals surface area (Å²) in [6.45, 7) is 0. The van der Waals surface area contributed by atoms with E-state index in [0.29, 0.717) is 21.9 Å². The van der Waals surface area contributed by atoms with E-state index in [4.69, 9.17) is 11.6 Å². The van der Waals surface area contributed by atoms with Crippen LogP contribution in [0.5, 0.6) is 0 Å². The van der Waals surface area contributed by atoms with E-state index in [1.54, 1.807) is 48.7 Å². The van der Waals surface area contributed by atoms with Crippen LogP contribution in [0.15, 0.2) is 53.5 Å². The van der Waals surface area contributed by atoms with Gasteiger partial charge in [-0.3, -0.25) is 9.20 Å². The summed E-state index contributed by atoms with van der Waals surface area (Å²) in [6.07, 6.45) is 1.59. The summed E-state index contributed by atoms with van der Waals surface area (Å²) in [5.74, 6) is 0. The topological polar surface area (TPSA) is 58.2 Å². The number of hydrogen-bond acceptors (Lipinski definition) is 3. The van der Waals surface area contributed by atoms with Crippen molar-refractivity contribution in [1.29, 1.82) is 5.26 Å². The van der Waals surface area contributed by atoms with Crippen LogP contribution in [0.25, 0.3) is 16.9 Å². The minimum atomic E-state index is -0.381. The molecule has 0 atom stereocenters. The average Bonchev–Trinajstić information content (AvgIpc) is 2.47. The molecule has 0 radical (unpaired) electrons. The normalized spacial score (nSPS) is 10.4. The molecule has 0 aliphatic rings. The summed E-state index contributed by atoms with van der Waals surface area (Å²) in [6, 6.07) is 14.1. The maximum absolute atomic E-state index is 12.3. The number of halogens is 1. The summed E-state index contributed by atoms with van der Waals surface area (Å²) < 4.78 is 1.35. The highest BCUT2D eigenvalue weighted by molar-refractivity contribution is 6.30. The monoisotopic (exact) mass is 281 g/mol. The van der Waals surface area contributed by atoms with E-state index in [1.807, 2.05) is 6.07 Å². The average molecular weight is 282 g/mol. The van der Waals surface area contributed by atoms with Crippen LogP contribution in [0.2, 0.25) is 5.02 Å². The number of nitrogens with zero attached hydrogens (tertiary/aromatic N) is 3. The molecule has 0 unspecified atom stereocenters. The molecule has 4 nitrogen and oxygen atoms in total. The van der Waals surface area contributed by atoms with Crippen LogP contribution in [-0.2, 0) is 0 Å². The first-order valence-corrected chi connectivity index (χ1v) is 6.26. The van der Waals surface area contributed by atoms with E-state index < -0.39 is 0 Å². The van der Waals surface area contributed by atoms with Crippen LogP contribution in [-0.4, -0.2) is 9.38 Å². The quantitative estimate of drug-likeness (QED) is 0.689. The maximum Gasteiger partial charge on any atom is 0.276 e. The van der Waals surface area contributed by atoms with Crippen molar-refractivity contribution >= 4 is 17.2 Å². The molecule has 2 heterocycles. The van der Waals surface area contributed by atoms with Crippen LogP contribution in [0.3, 0.4) is 0 Å². The molecule has 3 rings (SSSR count). The number of aromatic nitrogens is 2. The van der Waals surface area contributed by atoms with Gasteiger partial charge in [0.1, 0.15) is 17.3 Å². The van der Waals surface area contributed by atoms with Crippen molar-refractivity contribution in [3.63, 3.8) is 0 Å². The number of pyridine rings is 1. The Bertz CT molecular complexity index is 909. The number of hydrogen-bond donors (Lipinski definition) is 0. The van der Waals surface area contributed by atoms with Gasteiger partial charge in [0.25, 0.3) is 5.56 Å². The molecule has 0 spiro atoms. The van der Waals surface area contributed by atoms with Gasteiger partial charge in [-0.2, -0.15) is 5.26 Å². The molecule has 0 bridgehead atoms. The van der Waals surface area contributed by atoms with Gasteiger partial charge in [-0.05, 0) is 24.3 Å². The molecule has 0 aliphatic heterocycles. The van der Waals surface area contributed by atoms with Crippen molar-refractivity contribution in [1.82, 2.24) is 9.38 Å².